The van der Waals surface area contributed by atoms with Crippen molar-refractivity contribution in [2.75, 3.05) is 5.43 Å². The van der Waals surface area contributed by atoms with E-state index in [0.29, 0.717) is 17.3 Å². The van der Waals surface area contributed by atoms with Crippen LogP contribution in [0.25, 0.3) is 10.9 Å². The number of fused-ring (bicyclic) bond motifs is 1. The Kier molecular flexibility index (Phi) is 3.56. The Morgan fingerprint density at radius 1 is 1.33 bits per heavy atom. The van der Waals surface area contributed by atoms with Gasteiger partial charge >= 0.3 is 0 Å². The van der Waals surface area contributed by atoms with Gasteiger partial charge in [0.2, 0.25) is 10.0 Å². The Bertz CT molecular complexity index is 776. The molecule has 7 heteroatoms. The lowest BCUT2D eigenvalue weighted by atomic mass is 10.2. The Morgan fingerprint density at radius 2 is 2.14 bits per heavy atom. The Morgan fingerprint density at radius 3 is 2.81 bits per heavy atom. The van der Waals surface area contributed by atoms with E-state index in [4.69, 9.17) is 5.84 Å². The Labute approximate surface area is 123 Å². The predicted octanol–water partition coefficient (Wildman–Crippen LogP) is 1.60. The van der Waals surface area contributed by atoms with Crippen LogP contribution in [0.15, 0.2) is 35.2 Å². The molecular formula is C14H18N4O2S. The molecule has 2 atom stereocenters. The first kappa shape index (κ1) is 14.2. The maximum absolute atomic E-state index is 12.3. The normalized spacial score (nSPS) is 21.4. The second-order valence-corrected chi connectivity index (χ2v) is 7.04. The van der Waals surface area contributed by atoms with Crippen LogP contribution >= 0.6 is 0 Å². The molecule has 21 heavy (non-hydrogen) atoms. The van der Waals surface area contributed by atoms with Gasteiger partial charge in [-0.05, 0) is 42.7 Å². The van der Waals surface area contributed by atoms with Crippen molar-refractivity contribution in [1.29, 1.82) is 0 Å². The number of nitrogens with one attached hydrogen (secondary N) is 2. The summed E-state index contributed by atoms with van der Waals surface area (Å²) in [4.78, 5) is 4.53. The summed E-state index contributed by atoms with van der Waals surface area (Å²) in [6.45, 7) is 2.07. The second kappa shape index (κ2) is 5.25. The largest absolute Gasteiger partial charge is 0.308 e. The van der Waals surface area contributed by atoms with E-state index in [0.717, 1.165) is 18.2 Å². The lowest BCUT2D eigenvalue weighted by Gasteiger charge is -2.08. The summed E-state index contributed by atoms with van der Waals surface area (Å²) in [6, 6.07) is 8.48. The molecule has 1 fully saturated rings. The number of rotatable bonds is 5. The number of nitrogens with zero attached hydrogens (tertiary/aromatic N) is 1. The monoisotopic (exact) mass is 306 g/mol. The summed E-state index contributed by atoms with van der Waals surface area (Å²) in [5.41, 5.74) is 3.16. The van der Waals surface area contributed by atoms with Crippen LogP contribution < -0.4 is 16.0 Å². The number of hydrogen-bond donors (Lipinski definition) is 3. The fourth-order valence-electron chi connectivity index (χ4n) is 2.46. The summed E-state index contributed by atoms with van der Waals surface area (Å²) in [5, 5.41) is 0.764. The van der Waals surface area contributed by atoms with Crippen molar-refractivity contribution in [2.45, 2.75) is 30.7 Å². The molecule has 0 bridgehead atoms. The van der Waals surface area contributed by atoms with E-state index in [2.05, 4.69) is 22.1 Å². The summed E-state index contributed by atoms with van der Waals surface area (Å²) in [6.07, 6.45) is 1.93. The quantitative estimate of drug-likeness (QED) is 0.576. The zero-order chi connectivity index (χ0) is 15.0. The number of hydrazine groups is 1. The number of anilines is 1. The van der Waals surface area contributed by atoms with Gasteiger partial charge in [-0.2, -0.15) is 0 Å². The van der Waals surface area contributed by atoms with Crippen molar-refractivity contribution in [3.8, 4) is 0 Å². The van der Waals surface area contributed by atoms with Gasteiger partial charge in [-0.3, -0.25) is 0 Å². The topological polar surface area (TPSA) is 97.1 Å². The third kappa shape index (κ3) is 2.85. The van der Waals surface area contributed by atoms with E-state index in [-0.39, 0.29) is 10.9 Å². The van der Waals surface area contributed by atoms with Gasteiger partial charge in [0.1, 0.15) is 5.82 Å². The van der Waals surface area contributed by atoms with Gasteiger partial charge < -0.3 is 5.43 Å². The zero-order valence-corrected chi connectivity index (χ0v) is 12.5. The molecule has 1 aliphatic rings. The fourth-order valence-corrected chi connectivity index (χ4v) is 3.81. The molecule has 3 rings (SSSR count). The number of aromatic nitrogens is 1. The van der Waals surface area contributed by atoms with Crippen molar-refractivity contribution >= 4 is 26.7 Å². The minimum absolute atomic E-state index is 0.0811. The third-order valence-electron chi connectivity index (χ3n) is 3.87. The average Bonchev–Trinajstić information content (AvgIpc) is 3.23. The molecule has 4 N–H and O–H groups in total. The molecule has 2 aromatic rings. The highest BCUT2D eigenvalue weighted by Crippen LogP contribution is 2.34. The van der Waals surface area contributed by atoms with E-state index in [1.165, 1.54) is 0 Å². The molecule has 0 amide bonds. The van der Waals surface area contributed by atoms with Gasteiger partial charge in [-0.25, -0.2) is 24.0 Å². The fraction of sp³-hybridized carbons (Fsp3) is 0.357. The number of nitrogen functional groups attached to an aromatic ring is 1. The first-order chi connectivity index (χ1) is 10.0. The third-order valence-corrected chi connectivity index (χ3v) is 5.36. The van der Waals surface area contributed by atoms with E-state index < -0.39 is 10.0 Å². The molecule has 1 aromatic carbocycles. The standard InChI is InChI=1S/C14H18N4O2S/c1-2-9-8-13(9)18-21(19,20)11-4-5-12-10(7-11)3-6-14(16-12)17-15/h3-7,9,13,18H,2,8,15H2,1H3,(H,16,17). The Hall–Kier alpha value is -1.70. The van der Waals surface area contributed by atoms with Crippen LogP contribution in [0.4, 0.5) is 5.82 Å². The molecule has 6 nitrogen and oxygen atoms in total. The SMILES string of the molecule is CCC1CC1NS(=O)(=O)c1ccc2nc(NN)ccc2c1. The molecule has 0 aliphatic heterocycles. The Balaban J connectivity index is 1.90. The van der Waals surface area contributed by atoms with Crippen molar-refractivity contribution in [3.05, 3.63) is 30.3 Å². The summed E-state index contributed by atoms with van der Waals surface area (Å²) < 4.78 is 27.4. The summed E-state index contributed by atoms with van der Waals surface area (Å²) >= 11 is 0. The van der Waals surface area contributed by atoms with Gasteiger partial charge in [0.05, 0.1) is 10.4 Å². The number of pyridine rings is 1. The highest BCUT2D eigenvalue weighted by atomic mass is 32.2. The maximum atomic E-state index is 12.3. The lowest BCUT2D eigenvalue weighted by molar-refractivity contribution is 0.576. The van der Waals surface area contributed by atoms with Crippen LogP contribution in [0.2, 0.25) is 0 Å². The number of nitrogens with two attached hydrogens (primary N) is 1. The molecule has 0 saturated heterocycles. The first-order valence-electron chi connectivity index (χ1n) is 6.93. The summed E-state index contributed by atoms with van der Waals surface area (Å²) in [5.74, 6) is 6.32. The van der Waals surface area contributed by atoms with Crippen molar-refractivity contribution in [2.24, 2.45) is 11.8 Å². The predicted molar refractivity (Wildman–Crippen MR) is 82.1 cm³/mol. The van der Waals surface area contributed by atoms with Crippen LogP contribution in [0.1, 0.15) is 19.8 Å². The molecule has 1 saturated carbocycles. The highest BCUT2D eigenvalue weighted by Gasteiger charge is 2.38. The zero-order valence-electron chi connectivity index (χ0n) is 11.7. The first-order valence-corrected chi connectivity index (χ1v) is 8.41. The molecule has 1 aromatic heterocycles. The molecule has 0 spiro atoms. The number of hydrogen-bond acceptors (Lipinski definition) is 5. The van der Waals surface area contributed by atoms with Gasteiger partial charge in [0, 0.05) is 11.4 Å². The van der Waals surface area contributed by atoms with E-state index in [1.54, 1.807) is 30.3 Å². The van der Waals surface area contributed by atoms with Gasteiger partial charge in [0.15, 0.2) is 0 Å². The van der Waals surface area contributed by atoms with Gasteiger partial charge in [-0.15, -0.1) is 0 Å². The molecule has 0 radical (unpaired) electrons. The van der Waals surface area contributed by atoms with Crippen LogP contribution in [0.5, 0.6) is 0 Å². The smallest absolute Gasteiger partial charge is 0.240 e. The van der Waals surface area contributed by atoms with E-state index >= 15 is 0 Å². The van der Waals surface area contributed by atoms with Crippen LogP contribution in [0.3, 0.4) is 0 Å². The van der Waals surface area contributed by atoms with Crippen molar-refractivity contribution in [3.63, 3.8) is 0 Å². The molecule has 2 unspecified atom stereocenters. The van der Waals surface area contributed by atoms with Crippen LogP contribution in [0, 0.1) is 5.92 Å². The minimum Gasteiger partial charge on any atom is -0.308 e. The maximum Gasteiger partial charge on any atom is 0.240 e. The molecule has 1 aliphatic carbocycles. The van der Waals surface area contributed by atoms with Crippen LogP contribution in [-0.4, -0.2) is 19.4 Å². The average molecular weight is 306 g/mol. The highest BCUT2D eigenvalue weighted by molar-refractivity contribution is 7.89. The van der Waals surface area contributed by atoms with Crippen molar-refractivity contribution in [1.82, 2.24) is 9.71 Å². The van der Waals surface area contributed by atoms with Crippen molar-refractivity contribution < 1.29 is 8.42 Å². The second-order valence-electron chi connectivity index (χ2n) is 5.33. The summed E-state index contributed by atoms with van der Waals surface area (Å²) in [7, 11) is -3.47. The lowest BCUT2D eigenvalue weighted by Crippen LogP contribution is -2.27. The minimum atomic E-state index is -3.47. The van der Waals surface area contributed by atoms with Gasteiger partial charge in [-0.1, -0.05) is 13.3 Å². The molecular weight excluding hydrogens is 288 g/mol. The molecule has 112 valence electrons. The number of benzene rings is 1. The van der Waals surface area contributed by atoms with Gasteiger partial charge in [0.25, 0.3) is 0 Å². The van der Waals surface area contributed by atoms with E-state index in [1.807, 2.05) is 0 Å². The van der Waals surface area contributed by atoms with E-state index in [9.17, 15) is 8.42 Å². The molecule has 1 heterocycles. The number of sulfonamides is 1. The van der Waals surface area contributed by atoms with Crippen LogP contribution in [-0.2, 0) is 10.0 Å².